The van der Waals surface area contributed by atoms with Crippen LogP contribution in [0.15, 0.2) is 12.1 Å². The lowest BCUT2D eigenvalue weighted by molar-refractivity contribution is 0.0694. The number of carboxylic acid groups (broad SMARTS) is 1. The Morgan fingerprint density at radius 3 is 2.62 bits per heavy atom. The number of carboxylic acids is 1. The second-order valence-electron chi connectivity index (χ2n) is 6.40. The molecule has 1 fully saturated rings. The second-order valence-corrected chi connectivity index (χ2v) is 6.40. The molecule has 1 saturated carbocycles. The second kappa shape index (κ2) is 5.84. The summed E-state index contributed by atoms with van der Waals surface area (Å²) >= 11 is 0. The number of carbonyl (C=O) groups is 2. The van der Waals surface area contributed by atoms with Gasteiger partial charge in [0.2, 0.25) is 0 Å². The minimum atomic E-state index is -1.03. The van der Waals surface area contributed by atoms with Crippen molar-refractivity contribution in [2.24, 2.45) is 5.41 Å². The van der Waals surface area contributed by atoms with Crippen LogP contribution in [0.3, 0.4) is 0 Å². The molecule has 1 atom stereocenters. The Hall–Kier alpha value is -1.91. The van der Waals surface area contributed by atoms with E-state index in [1.54, 1.807) is 6.92 Å². The normalized spacial score (nSPS) is 20.8. The molecule has 1 aliphatic carbocycles. The van der Waals surface area contributed by atoms with Crippen molar-refractivity contribution in [3.8, 4) is 0 Å². The molecule has 0 aromatic carbocycles. The van der Waals surface area contributed by atoms with Gasteiger partial charge in [-0.25, -0.2) is 9.78 Å². The Labute approximate surface area is 124 Å². The summed E-state index contributed by atoms with van der Waals surface area (Å²) in [5, 5.41) is 12.0. The third kappa shape index (κ3) is 3.40. The van der Waals surface area contributed by atoms with Crippen molar-refractivity contribution in [3.05, 3.63) is 29.1 Å². The topological polar surface area (TPSA) is 79.3 Å². The maximum absolute atomic E-state index is 12.3. The molecule has 0 saturated heterocycles. The van der Waals surface area contributed by atoms with Crippen LogP contribution >= 0.6 is 0 Å². The summed E-state index contributed by atoms with van der Waals surface area (Å²) in [4.78, 5) is 27.4. The van der Waals surface area contributed by atoms with E-state index in [1.165, 1.54) is 18.6 Å². The Bertz CT molecular complexity index is 567. The minimum absolute atomic E-state index is 0.0873. The highest BCUT2D eigenvalue weighted by Crippen LogP contribution is 2.35. The summed E-state index contributed by atoms with van der Waals surface area (Å²) in [7, 11) is 0. The fraction of sp³-hybridized carbons (Fsp3) is 0.562. The maximum Gasteiger partial charge on any atom is 0.337 e. The highest BCUT2D eigenvalue weighted by atomic mass is 16.4. The number of pyridine rings is 1. The van der Waals surface area contributed by atoms with Gasteiger partial charge in [0, 0.05) is 6.04 Å². The fourth-order valence-corrected chi connectivity index (χ4v) is 2.91. The van der Waals surface area contributed by atoms with Gasteiger partial charge in [-0.2, -0.15) is 0 Å². The average Bonchev–Trinajstić information content (AvgIpc) is 2.40. The predicted octanol–water partition coefficient (Wildman–Crippen LogP) is 2.79. The van der Waals surface area contributed by atoms with E-state index in [1.807, 2.05) is 0 Å². The summed E-state index contributed by atoms with van der Waals surface area (Å²) < 4.78 is 0. The third-order valence-corrected chi connectivity index (χ3v) is 4.36. The first kappa shape index (κ1) is 15.5. The molecule has 2 N–H and O–H groups in total. The molecular weight excluding hydrogens is 268 g/mol. The molecule has 0 bridgehead atoms. The SMILES string of the molecule is Cc1nc(C(=O)NC2CCCCC2(C)C)ccc1C(=O)O. The van der Waals surface area contributed by atoms with Gasteiger partial charge in [0.25, 0.3) is 5.91 Å². The van der Waals surface area contributed by atoms with E-state index in [-0.39, 0.29) is 28.6 Å². The fourth-order valence-electron chi connectivity index (χ4n) is 2.91. The zero-order valence-electron chi connectivity index (χ0n) is 12.8. The highest BCUT2D eigenvalue weighted by Gasteiger charge is 2.33. The van der Waals surface area contributed by atoms with E-state index in [0.29, 0.717) is 5.69 Å². The van der Waals surface area contributed by atoms with Gasteiger partial charge in [-0.3, -0.25) is 4.79 Å². The number of aryl methyl sites for hydroxylation is 1. The third-order valence-electron chi connectivity index (χ3n) is 4.36. The number of hydrogen-bond acceptors (Lipinski definition) is 3. The Kier molecular flexibility index (Phi) is 4.30. The lowest BCUT2D eigenvalue weighted by Gasteiger charge is -2.38. The monoisotopic (exact) mass is 290 g/mol. The van der Waals surface area contributed by atoms with Crippen molar-refractivity contribution in [3.63, 3.8) is 0 Å². The first-order chi connectivity index (χ1) is 9.81. The highest BCUT2D eigenvalue weighted by molar-refractivity contribution is 5.94. The van der Waals surface area contributed by atoms with Crippen LogP contribution < -0.4 is 5.32 Å². The zero-order valence-corrected chi connectivity index (χ0v) is 12.8. The van der Waals surface area contributed by atoms with Gasteiger partial charge in [0.15, 0.2) is 0 Å². The maximum atomic E-state index is 12.3. The molecule has 1 unspecified atom stereocenters. The Morgan fingerprint density at radius 1 is 1.33 bits per heavy atom. The Morgan fingerprint density at radius 2 is 2.05 bits per heavy atom. The van der Waals surface area contributed by atoms with Gasteiger partial charge in [-0.15, -0.1) is 0 Å². The number of nitrogens with zero attached hydrogens (tertiary/aromatic N) is 1. The van der Waals surface area contributed by atoms with Crippen molar-refractivity contribution in [1.29, 1.82) is 0 Å². The molecule has 2 rings (SSSR count). The number of amides is 1. The molecule has 0 radical (unpaired) electrons. The predicted molar refractivity (Wildman–Crippen MR) is 79.4 cm³/mol. The summed E-state index contributed by atoms with van der Waals surface area (Å²) in [5.74, 6) is -1.25. The first-order valence-corrected chi connectivity index (χ1v) is 7.33. The van der Waals surface area contributed by atoms with Crippen LogP contribution in [0.2, 0.25) is 0 Å². The van der Waals surface area contributed by atoms with Crippen LogP contribution in [0.4, 0.5) is 0 Å². The Balaban J connectivity index is 2.13. The van der Waals surface area contributed by atoms with E-state index in [0.717, 1.165) is 19.3 Å². The molecule has 5 nitrogen and oxygen atoms in total. The molecule has 114 valence electrons. The first-order valence-electron chi connectivity index (χ1n) is 7.33. The lowest BCUT2D eigenvalue weighted by Crippen LogP contribution is -2.47. The van der Waals surface area contributed by atoms with E-state index in [4.69, 9.17) is 5.11 Å². The number of carbonyl (C=O) groups excluding carboxylic acids is 1. The number of hydrogen-bond donors (Lipinski definition) is 2. The molecule has 0 spiro atoms. The largest absolute Gasteiger partial charge is 0.478 e. The number of aromatic carboxylic acids is 1. The van der Waals surface area contributed by atoms with E-state index < -0.39 is 5.97 Å². The van der Waals surface area contributed by atoms with Crippen molar-refractivity contribution in [1.82, 2.24) is 10.3 Å². The van der Waals surface area contributed by atoms with Crippen LogP contribution in [-0.2, 0) is 0 Å². The average molecular weight is 290 g/mol. The molecule has 5 heteroatoms. The van der Waals surface area contributed by atoms with Gasteiger partial charge < -0.3 is 10.4 Å². The standard InChI is InChI=1S/C16H22N2O3/c1-10-11(15(20)21)7-8-12(17-10)14(19)18-13-6-4-5-9-16(13,2)3/h7-8,13H,4-6,9H2,1-3H3,(H,18,19)(H,20,21). The van der Waals surface area contributed by atoms with E-state index in [9.17, 15) is 9.59 Å². The van der Waals surface area contributed by atoms with Crippen LogP contribution in [0, 0.1) is 12.3 Å². The van der Waals surface area contributed by atoms with Crippen LogP contribution in [-0.4, -0.2) is 28.0 Å². The molecule has 1 aliphatic rings. The van der Waals surface area contributed by atoms with Gasteiger partial charge in [-0.1, -0.05) is 26.7 Å². The summed E-state index contributed by atoms with van der Waals surface area (Å²) in [6, 6.07) is 3.05. The lowest BCUT2D eigenvalue weighted by atomic mass is 9.73. The van der Waals surface area contributed by atoms with E-state index in [2.05, 4.69) is 24.1 Å². The van der Waals surface area contributed by atoms with Crippen LogP contribution in [0.1, 0.15) is 66.1 Å². The number of aromatic nitrogens is 1. The molecule has 0 aliphatic heterocycles. The van der Waals surface area contributed by atoms with E-state index >= 15 is 0 Å². The van der Waals surface area contributed by atoms with Crippen LogP contribution in [0.5, 0.6) is 0 Å². The molecule has 1 aromatic heterocycles. The molecular formula is C16H22N2O3. The molecule has 1 heterocycles. The summed E-state index contributed by atoms with van der Waals surface area (Å²) in [5.41, 5.74) is 0.853. The zero-order chi connectivity index (χ0) is 15.6. The van der Waals surface area contributed by atoms with Gasteiger partial charge >= 0.3 is 5.97 Å². The minimum Gasteiger partial charge on any atom is -0.478 e. The number of nitrogens with one attached hydrogen (secondary N) is 1. The quantitative estimate of drug-likeness (QED) is 0.897. The summed E-state index contributed by atoms with van der Waals surface area (Å²) in [6.07, 6.45) is 4.40. The molecule has 1 aromatic rings. The van der Waals surface area contributed by atoms with Crippen LogP contribution in [0.25, 0.3) is 0 Å². The van der Waals surface area contributed by atoms with Crippen molar-refractivity contribution in [2.75, 3.05) is 0 Å². The number of rotatable bonds is 3. The van der Waals surface area contributed by atoms with Crippen molar-refractivity contribution in [2.45, 2.75) is 52.5 Å². The molecule has 1 amide bonds. The van der Waals surface area contributed by atoms with Gasteiger partial charge in [0.05, 0.1) is 11.3 Å². The van der Waals surface area contributed by atoms with Crippen molar-refractivity contribution < 1.29 is 14.7 Å². The molecule has 21 heavy (non-hydrogen) atoms. The van der Waals surface area contributed by atoms with Gasteiger partial charge in [0.1, 0.15) is 5.69 Å². The summed E-state index contributed by atoms with van der Waals surface area (Å²) in [6.45, 7) is 5.94. The van der Waals surface area contributed by atoms with Crippen molar-refractivity contribution >= 4 is 11.9 Å². The van der Waals surface area contributed by atoms with Gasteiger partial charge in [-0.05, 0) is 37.3 Å². The smallest absolute Gasteiger partial charge is 0.337 e.